The average Bonchev–Trinajstić information content (AvgIpc) is 2.69. The lowest BCUT2D eigenvalue weighted by Gasteiger charge is -2.15. The van der Waals surface area contributed by atoms with Crippen LogP contribution in [0.4, 0.5) is 0 Å². The van der Waals surface area contributed by atoms with Crippen molar-refractivity contribution in [2.75, 3.05) is 0 Å². The number of halogens is 1. The second-order valence-corrected chi connectivity index (χ2v) is 6.00. The molecular weight excluding hydrogens is 331 g/mol. The molecule has 0 saturated heterocycles. The van der Waals surface area contributed by atoms with Crippen LogP contribution >= 0.6 is 33.9 Å². The molecule has 0 spiro atoms. The van der Waals surface area contributed by atoms with Crippen LogP contribution < -0.4 is 11.3 Å². The van der Waals surface area contributed by atoms with E-state index in [9.17, 15) is 0 Å². The van der Waals surface area contributed by atoms with E-state index in [1.54, 1.807) is 11.3 Å². The quantitative estimate of drug-likeness (QED) is 0.510. The van der Waals surface area contributed by atoms with Crippen molar-refractivity contribution in [2.45, 2.75) is 13.0 Å². The van der Waals surface area contributed by atoms with E-state index in [1.165, 1.54) is 19.6 Å². The first-order valence-electron chi connectivity index (χ1n) is 4.97. The molecule has 3 N–H and O–H groups in total. The largest absolute Gasteiger partial charge is 0.271 e. The molecule has 0 bridgehead atoms. The summed E-state index contributed by atoms with van der Waals surface area (Å²) in [6, 6.07) is 10.7. The molecule has 0 radical (unpaired) electrons. The first-order chi connectivity index (χ1) is 7.70. The Kier molecular flexibility index (Phi) is 3.96. The third-order valence-corrected chi connectivity index (χ3v) is 4.05. The number of hydrogen-bond donors (Lipinski definition) is 2. The Labute approximate surface area is 113 Å². The molecule has 0 saturated carbocycles. The Morgan fingerprint density at radius 2 is 1.94 bits per heavy atom. The molecule has 0 amide bonds. The molecule has 0 aliphatic rings. The highest BCUT2D eigenvalue weighted by Gasteiger charge is 2.13. The maximum atomic E-state index is 5.64. The minimum atomic E-state index is 0.0851. The summed E-state index contributed by atoms with van der Waals surface area (Å²) >= 11 is 4.05. The van der Waals surface area contributed by atoms with Crippen molar-refractivity contribution >= 4 is 33.9 Å². The molecule has 16 heavy (non-hydrogen) atoms. The van der Waals surface area contributed by atoms with Gasteiger partial charge in [0.2, 0.25) is 0 Å². The highest BCUT2D eigenvalue weighted by Crippen LogP contribution is 2.25. The van der Waals surface area contributed by atoms with Gasteiger partial charge in [0, 0.05) is 8.45 Å². The van der Waals surface area contributed by atoms with E-state index in [2.05, 4.69) is 70.7 Å². The predicted octanol–water partition coefficient (Wildman–Crippen LogP) is 3.21. The molecule has 2 nitrogen and oxygen atoms in total. The molecular formula is C12H13IN2S. The summed E-state index contributed by atoms with van der Waals surface area (Å²) in [5, 5.41) is 2.15. The molecule has 1 aromatic carbocycles. The minimum absolute atomic E-state index is 0.0851. The van der Waals surface area contributed by atoms with E-state index in [4.69, 9.17) is 5.84 Å². The summed E-state index contributed by atoms with van der Waals surface area (Å²) in [7, 11) is 0. The third-order valence-electron chi connectivity index (χ3n) is 2.45. The molecule has 2 aromatic rings. The zero-order valence-electron chi connectivity index (χ0n) is 8.91. The lowest BCUT2D eigenvalue weighted by Crippen LogP contribution is -2.28. The number of rotatable bonds is 3. The number of nitrogens with one attached hydrogen (secondary N) is 1. The molecule has 84 valence electrons. The summed E-state index contributed by atoms with van der Waals surface area (Å²) in [5.41, 5.74) is 5.29. The minimum Gasteiger partial charge on any atom is -0.271 e. The van der Waals surface area contributed by atoms with Crippen LogP contribution in [0.25, 0.3) is 0 Å². The van der Waals surface area contributed by atoms with Crippen molar-refractivity contribution in [1.29, 1.82) is 0 Å². The Morgan fingerprint density at radius 3 is 2.44 bits per heavy atom. The Morgan fingerprint density at radius 1 is 1.25 bits per heavy atom. The van der Waals surface area contributed by atoms with Crippen molar-refractivity contribution < 1.29 is 0 Å². The molecule has 1 heterocycles. The van der Waals surface area contributed by atoms with Crippen LogP contribution in [0.1, 0.15) is 22.0 Å². The molecule has 1 aromatic heterocycles. The lowest BCUT2D eigenvalue weighted by atomic mass is 10.0. The van der Waals surface area contributed by atoms with Crippen molar-refractivity contribution in [1.82, 2.24) is 5.43 Å². The number of hydrazine groups is 1. The SMILES string of the molecule is Cc1cc(C(NN)c2ccc(I)cc2)cs1. The van der Waals surface area contributed by atoms with Gasteiger partial charge in [0.05, 0.1) is 6.04 Å². The fraction of sp³-hybridized carbons (Fsp3) is 0.167. The van der Waals surface area contributed by atoms with Crippen molar-refractivity contribution in [2.24, 2.45) is 5.84 Å². The van der Waals surface area contributed by atoms with Gasteiger partial charge in [-0.25, -0.2) is 5.43 Å². The zero-order chi connectivity index (χ0) is 11.5. The number of benzene rings is 1. The molecule has 1 atom stereocenters. The van der Waals surface area contributed by atoms with Gasteiger partial charge in [0.15, 0.2) is 0 Å². The van der Waals surface area contributed by atoms with Gasteiger partial charge in [0.25, 0.3) is 0 Å². The standard InChI is InChI=1S/C12H13IN2S/c1-8-6-10(7-16-8)12(15-14)9-2-4-11(13)5-3-9/h2-7,12,15H,14H2,1H3. The second-order valence-electron chi connectivity index (χ2n) is 3.64. The molecule has 0 aliphatic carbocycles. The van der Waals surface area contributed by atoms with Gasteiger partial charge in [-0.2, -0.15) is 0 Å². The normalized spacial score (nSPS) is 12.7. The number of nitrogens with two attached hydrogens (primary N) is 1. The lowest BCUT2D eigenvalue weighted by molar-refractivity contribution is 0.638. The third kappa shape index (κ3) is 2.63. The fourth-order valence-corrected chi connectivity index (χ4v) is 2.75. The van der Waals surface area contributed by atoms with Gasteiger partial charge in [-0.1, -0.05) is 12.1 Å². The number of aryl methyl sites for hydroxylation is 1. The zero-order valence-corrected chi connectivity index (χ0v) is 11.9. The van der Waals surface area contributed by atoms with Crippen LogP contribution in [0.2, 0.25) is 0 Å². The van der Waals surface area contributed by atoms with Crippen molar-refractivity contribution in [3.05, 3.63) is 55.3 Å². The Bertz CT molecular complexity index is 464. The van der Waals surface area contributed by atoms with Crippen LogP contribution in [0.3, 0.4) is 0 Å². The van der Waals surface area contributed by atoms with Crippen molar-refractivity contribution in [3.8, 4) is 0 Å². The van der Waals surface area contributed by atoms with Gasteiger partial charge in [-0.15, -0.1) is 11.3 Å². The average molecular weight is 344 g/mol. The molecule has 4 heteroatoms. The Balaban J connectivity index is 2.32. The summed E-state index contributed by atoms with van der Waals surface area (Å²) in [5.74, 6) is 5.64. The van der Waals surface area contributed by atoms with Crippen LogP contribution in [-0.2, 0) is 0 Å². The molecule has 2 rings (SSSR count). The van der Waals surface area contributed by atoms with E-state index in [0.29, 0.717) is 0 Å². The van der Waals surface area contributed by atoms with Crippen LogP contribution in [0, 0.1) is 10.5 Å². The number of hydrogen-bond acceptors (Lipinski definition) is 3. The summed E-state index contributed by atoms with van der Waals surface area (Å²) in [4.78, 5) is 1.31. The number of thiophene rings is 1. The van der Waals surface area contributed by atoms with Gasteiger partial charge in [-0.05, 0) is 64.2 Å². The van der Waals surface area contributed by atoms with E-state index >= 15 is 0 Å². The first-order valence-corrected chi connectivity index (χ1v) is 6.93. The predicted molar refractivity (Wildman–Crippen MR) is 77.4 cm³/mol. The summed E-state index contributed by atoms with van der Waals surface area (Å²) in [6.45, 7) is 2.11. The second kappa shape index (κ2) is 5.27. The van der Waals surface area contributed by atoms with E-state index in [0.717, 1.165) is 0 Å². The first kappa shape index (κ1) is 12.0. The highest BCUT2D eigenvalue weighted by atomic mass is 127. The van der Waals surface area contributed by atoms with Gasteiger partial charge >= 0.3 is 0 Å². The van der Waals surface area contributed by atoms with Gasteiger partial charge < -0.3 is 0 Å². The van der Waals surface area contributed by atoms with Gasteiger partial charge in [-0.3, -0.25) is 5.84 Å². The fourth-order valence-electron chi connectivity index (χ4n) is 1.66. The van der Waals surface area contributed by atoms with E-state index in [1.807, 2.05) is 0 Å². The smallest absolute Gasteiger partial charge is 0.0718 e. The van der Waals surface area contributed by atoms with Crippen LogP contribution in [-0.4, -0.2) is 0 Å². The van der Waals surface area contributed by atoms with E-state index in [-0.39, 0.29) is 6.04 Å². The van der Waals surface area contributed by atoms with Crippen LogP contribution in [0.5, 0.6) is 0 Å². The van der Waals surface area contributed by atoms with Gasteiger partial charge in [0.1, 0.15) is 0 Å². The Hall–Kier alpha value is -0.430. The molecule has 0 fully saturated rings. The highest BCUT2D eigenvalue weighted by molar-refractivity contribution is 14.1. The molecule has 0 aliphatic heterocycles. The topological polar surface area (TPSA) is 38.0 Å². The maximum absolute atomic E-state index is 5.64. The van der Waals surface area contributed by atoms with Crippen LogP contribution in [0.15, 0.2) is 35.7 Å². The summed E-state index contributed by atoms with van der Waals surface area (Å²) in [6.07, 6.45) is 0. The summed E-state index contributed by atoms with van der Waals surface area (Å²) < 4.78 is 1.23. The van der Waals surface area contributed by atoms with E-state index < -0.39 is 0 Å². The maximum Gasteiger partial charge on any atom is 0.0718 e. The van der Waals surface area contributed by atoms with Crippen molar-refractivity contribution in [3.63, 3.8) is 0 Å². The monoisotopic (exact) mass is 344 g/mol. The molecule has 1 unspecified atom stereocenters.